The molecule has 0 fully saturated rings. The molecule has 0 radical (unpaired) electrons. The highest BCUT2D eigenvalue weighted by Crippen LogP contribution is 2.28. The van der Waals surface area contributed by atoms with Crippen molar-refractivity contribution in [3.05, 3.63) is 58.1 Å². The van der Waals surface area contributed by atoms with Crippen LogP contribution in [0, 0.1) is 0 Å². The summed E-state index contributed by atoms with van der Waals surface area (Å²) in [4.78, 5) is 39.1. The van der Waals surface area contributed by atoms with Gasteiger partial charge in [-0.2, -0.15) is 0 Å². The summed E-state index contributed by atoms with van der Waals surface area (Å²) < 4.78 is 5.63. The molecular formula is C22H26Cl2N6O4. The van der Waals surface area contributed by atoms with E-state index in [4.69, 9.17) is 33.7 Å². The van der Waals surface area contributed by atoms with Gasteiger partial charge < -0.3 is 26.4 Å². The van der Waals surface area contributed by atoms with Gasteiger partial charge in [0.2, 0.25) is 17.8 Å². The average molecular weight is 509 g/mol. The molecular weight excluding hydrogens is 483 g/mol. The lowest BCUT2D eigenvalue weighted by molar-refractivity contribution is -0.124. The maximum Gasteiger partial charge on any atom is 0.321 e. The number of nitrogens with two attached hydrogens (primary N) is 1. The lowest BCUT2D eigenvalue weighted by atomic mass is 10.2. The minimum atomic E-state index is -0.693. The van der Waals surface area contributed by atoms with Crippen LogP contribution in [0.4, 0.5) is 10.5 Å². The van der Waals surface area contributed by atoms with Crippen molar-refractivity contribution >= 4 is 52.7 Å². The Kier molecular flexibility index (Phi) is 10.4. The molecule has 0 aliphatic rings. The van der Waals surface area contributed by atoms with E-state index in [1.165, 1.54) is 0 Å². The molecule has 6 N–H and O–H groups in total. The molecule has 0 bridgehead atoms. The van der Waals surface area contributed by atoms with Crippen LogP contribution in [0.2, 0.25) is 10.0 Å². The molecule has 0 heterocycles. The van der Waals surface area contributed by atoms with Crippen LogP contribution in [0.3, 0.4) is 0 Å². The average Bonchev–Trinajstić information content (AvgIpc) is 2.77. The fraction of sp³-hybridized carbons (Fsp3) is 0.273. The lowest BCUT2D eigenvalue weighted by Crippen LogP contribution is -2.47. The van der Waals surface area contributed by atoms with Gasteiger partial charge in [0.05, 0.1) is 30.8 Å². The Hall–Kier alpha value is -3.50. The Balaban J connectivity index is 2.09. The van der Waals surface area contributed by atoms with E-state index in [-0.39, 0.29) is 31.7 Å². The zero-order valence-corrected chi connectivity index (χ0v) is 20.2. The number of halogens is 2. The van der Waals surface area contributed by atoms with Gasteiger partial charge in [-0.3, -0.25) is 14.9 Å². The van der Waals surface area contributed by atoms with Gasteiger partial charge in [0, 0.05) is 10.7 Å². The molecule has 34 heavy (non-hydrogen) atoms. The highest BCUT2D eigenvalue weighted by Gasteiger charge is 2.11. The number of aliphatic imine (C=N–C) groups is 1. The van der Waals surface area contributed by atoms with E-state index in [9.17, 15) is 14.4 Å². The van der Waals surface area contributed by atoms with Crippen LogP contribution in [0.25, 0.3) is 0 Å². The van der Waals surface area contributed by atoms with Gasteiger partial charge in [-0.25, -0.2) is 9.79 Å². The molecule has 0 unspecified atom stereocenters. The molecule has 2 rings (SSSR count). The number of carbonyl (C=O) groups excluding carboxylic acids is 3. The van der Waals surface area contributed by atoms with Crippen molar-refractivity contribution in [2.24, 2.45) is 10.7 Å². The topological polar surface area (TPSA) is 147 Å². The number of benzene rings is 2. The molecule has 2 aromatic carbocycles. The van der Waals surface area contributed by atoms with Crippen molar-refractivity contribution in [3.63, 3.8) is 0 Å². The van der Waals surface area contributed by atoms with Gasteiger partial charge in [0.15, 0.2) is 0 Å². The number of primary amides is 1. The number of nitrogens with one attached hydrogen (secondary N) is 4. The van der Waals surface area contributed by atoms with Crippen LogP contribution in [-0.2, 0) is 16.1 Å². The second kappa shape index (κ2) is 13.3. The normalized spacial score (nSPS) is 11.0. The van der Waals surface area contributed by atoms with E-state index < -0.39 is 17.8 Å². The number of hydrogen-bond acceptors (Lipinski definition) is 5. The Morgan fingerprint density at radius 1 is 1.03 bits per heavy atom. The summed E-state index contributed by atoms with van der Waals surface area (Å²) in [5, 5.41) is 11.2. The fourth-order valence-corrected chi connectivity index (χ4v) is 2.85. The van der Waals surface area contributed by atoms with Crippen LogP contribution in [0.15, 0.2) is 47.5 Å². The summed E-state index contributed by atoms with van der Waals surface area (Å²) in [5.41, 5.74) is 6.38. The summed E-state index contributed by atoms with van der Waals surface area (Å²) in [6, 6.07) is 11.4. The standard InChI is InChI=1S/C22H26Cl2N6O4/c1-13(2)34-18-8-7-16(9-17(18)24)29-21(27-10-14-3-5-15(23)6-4-14)30-22(33)28-12-20(32)26-11-19(25)31/h3-9,13H,10-12H2,1-2H3,(H2,25,31)(H,26,32)(H3,27,28,29,30,33). The number of nitrogens with zero attached hydrogens (tertiary/aromatic N) is 1. The van der Waals surface area contributed by atoms with Crippen molar-refractivity contribution in [2.45, 2.75) is 26.5 Å². The van der Waals surface area contributed by atoms with Crippen molar-refractivity contribution in [3.8, 4) is 5.75 Å². The molecule has 2 aromatic rings. The van der Waals surface area contributed by atoms with E-state index in [0.717, 1.165) is 5.56 Å². The van der Waals surface area contributed by atoms with Gasteiger partial charge in [-0.1, -0.05) is 35.3 Å². The second-order valence-corrected chi connectivity index (χ2v) is 8.12. The van der Waals surface area contributed by atoms with Crippen molar-refractivity contribution in [1.82, 2.24) is 16.0 Å². The zero-order valence-electron chi connectivity index (χ0n) is 18.7. The lowest BCUT2D eigenvalue weighted by Gasteiger charge is -2.15. The third-order valence-corrected chi connectivity index (χ3v) is 4.54. The van der Waals surface area contributed by atoms with Crippen LogP contribution < -0.4 is 31.7 Å². The quantitative estimate of drug-likeness (QED) is 0.261. The van der Waals surface area contributed by atoms with Gasteiger partial charge >= 0.3 is 6.03 Å². The van der Waals surface area contributed by atoms with Crippen LogP contribution >= 0.6 is 23.2 Å². The minimum absolute atomic E-state index is 0.0432. The number of rotatable bonds is 9. The number of hydrogen-bond donors (Lipinski definition) is 5. The van der Waals surface area contributed by atoms with Gasteiger partial charge in [0.1, 0.15) is 5.75 Å². The SMILES string of the molecule is CC(C)Oc1ccc(NC(=NCc2ccc(Cl)cc2)NC(=O)NCC(=O)NCC(N)=O)cc1Cl. The Morgan fingerprint density at radius 3 is 2.35 bits per heavy atom. The number of guanidine groups is 1. The summed E-state index contributed by atoms with van der Waals surface area (Å²) in [6.07, 6.45) is -0.0432. The Morgan fingerprint density at radius 2 is 1.74 bits per heavy atom. The van der Waals surface area contributed by atoms with Crippen LogP contribution in [-0.4, -0.2) is 43.0 Å². The molecule has 0 aliphatic heterocycles. The summed E-state index contributed by atoms with van der Waals surface area (Å²) >= 11 is 12.2. The molecule has 0 aliphatic carbocycles. The smallest absolute Gasteiger partial charge is 0.321 e. The van der Waals surface area contributed by atoms with Crippen molar-refractivity contribution in [1.29, 1.82) is 0 Å². The number of anilines is 1. The fourth-order valence-electron chi connectivity index (χ4n) is 2.50. The zero-order chi connectivity index (χ0) is 25.1. The molecule has 4 amide bonds. The van der Waals surface area contributed by atoms with E-state index in [2.05, 4.69) is 26.3 Å². The van der Waals surface area contributed by atoms with E-state index >= 15 is 0 Å². The van der Waals surface area contributed by atoms with E-state index in [1.54, 1.807) is 30.3 Å². The molecule has 0 aromatic heterocycles. The monoisotopic (exact) mass is 508 g/mol. The molecule has 12 heteroatoms. The van der Waals surface area contributed by atoms with Crippen LogP contribution in [0.5, 0.6) is 5.75 Å². The first-order valence-electron chi connectivity index (χ1n) is 10.2. The Labute approximate surface area is 207 Å². The van der Waals surface area contributed by atoms with Crippen LogP contribution in [0.1, 0.15) is 19.4 Å². The summed E-state index contributed by atoms with van der Waals surface area (Å²) in [5.74, 6) is -0.635. The third-order valence-electron chi connectivity index (χ3n) is 3.99. The van der Waals surface area contributed by atoms with Gasteiger partial charge in [0.25, 0.3) is 0 Å². The molecule has 10 nitrogen and oxygen atoms in total. The summed E-state index contributed by atoms with van der Waals surface area (Å²) in [6.45, 7) is 3.33. The first kappa shape index (κ1) is 26.7. The first-order chi connectivity index (χ1) is 16.1. The molecule has 0 saturated carbocycles. The van der Waals surface area contributed by atoms with Crippen molar-refractivity contribution < 1.29 is 19.1 Å². The Bertz CT molecular complexity index is 1040. The predicted octanol–water partition coefficient (Wildman–Crippen LogP) is 2.65. The first-order valence-corrected chi connectivity index (χ1v) is 11.0. The largest absolute Gasteiger partial charge is 0.489 e. The number of carbonyl (C=O) groups is 3. The summed E-state index contributed by atoms with van der Waals surface area (Å²) in [7, 11) is 0. The number of urea groups is 1. The molecule has 0 saturated heterocycles. The van der Waals surface area contributed by atoms with Gasteiger partial charge in [-0.05, 0) is 49.7 Å². The van der Waals surface area contributed by atoms with Gasteiger partial charge in [-0.15, -0.1) is 0 Å². The molecule has 0 spiro atoms. The highest BCUT2D eigenvalue weighted by atomic mass is 35.5. The molecule has 0 atom stereocenters. The number of ether oxygens (including phenoxy) is 1. The minimum Gasteiger partial charge on any atom is -0.489 e. The van der Waals surface area contributed by atoms with E-state index in [1.807, 2.05) is 26.0 Å². The van der Waals surface area contributed by atoms with E-state index in [0.29, 0.717) is 21.5 Å². The third kappa shape index (κ3) is 9.97. The number of amides is 4. The second-order valence-electron chi connectivity index (χ2n) is 7.28. The maximum absolute atomic E-state index is 12.3. The predicted molar refractivity (Wildman–Crippen MR) is 132 cm³/mol. The highest BCUT2D eigenvalue weighted by molar-refractivity contribution is 6.32. The van der Waals surface area contributed by atoms with Crippen molar-refractivity contribution in [2.75, 3.05) is 18.4 Å². The molecule has 182 valence electrons. The maximum atomic E-state index is 12.3.